The van der Waals surface area contributed by atoms with Crippen LogP contribution < -0.4 is 0 Å². The molecule has 9 N–H and O–H groups in total. The molecule has 0 saturated heterocycles. The number of hydrogen-bond acceptors (Lipinski definition) is 9. The Balaban J connectivity index is -0.000000258. The van der Waals surface area contributed by atoms with E-state index in [1.165, 1.54) is 0 Å². The third-order valence-corrected chi connectivity index (χ3v) is 6.17. The fourth-order valence-corrected chi connectivity index (χ4v) is 3.50. The van der Waals surface area contributed by atoms with E-state index >= 15 is 0 Å². The maximum Gasteiger partial charge on any atom is 0.335 e. The Kier molecular flexibility index (Phi) is 30.1. The molecular formula is C31H58O15. The average Bonchev–Trinajstić information content (AvgIpc) is 2.88. The highest BCUT2D eigenvalue weighted by atomic mass is 16.4. The molecule has 0 aliphatic carbocycles. The van der Waals surface area contributed by atoms with Crippen molar-refractivity contribution in [2.24, 2.45) is 35.5 Å². The van der Waals surface area contributed by atoms with Crippen molar-refractivity contribution in [3.05, 3.63) is 0 Å². The molecule has 5 unspecified atom stereocenters. The molecule has 0 aromatic heterocycles. The number of aliphatic hydroxyl groups is 3. The van der Waals surface area contributed by atoms with Gasteiger partial charge in [-0.05, 0) is 42.9 Å². The maximum absolute atomic E-state index is 10.6. The van der Waals surface area contributed by atoms with Crippen LogP contribution in [-0.4, -0.2) is 100 Å². The van der Waals surface area contributed by atoms with Crippen molar-refractivity contribution >= 4 is 35.8 Å². The first-order valence-electron chi connectivity index (χ1n) is 15.2. The lowest BCUT2D eigenvalue weighted by molar-refractivity contribution is -0.159. The van der Waals surface area contributed by atoms with E-state index in [0.717, 1.165) is 19.3 Å². The van der Waals surface area contributed by atoms with Crippen LogP contribution in [0.3, 0.4) is 0 Å². The molecule has 15 heteroatoms. The molecule has 0 radical (unpaired) electrons. The molecule has 46 heavy (non-hydrogen) atoms. The van der Waals surface area contributed by atoms with E-state index in [9.17, 15) is 28.8 Å². The van der Waals surface area contributed by atoms with Gasteiger partial charge >= 0.3 is 35.8 Å². The molecule has 15 nitrogen and oxygen atoms in total. The van der Waals surface area contributed by atoms with E-state index in [1.54, 1.807) is 13.8 Å². The fraction of sp³-hybridized carbons (Fsp3) is 0.806. The number of rotatable bonds is 19. The van der Waals surface area contributed by atoms with E-state index < -0.39 is 66.0 Å². The molecule has 0 saturated carbocycles. The van der Waals surface area contributed by atoms with Gasteiger partial charge in [-0.3, -0.25) is 24.0 Å². The van der Waals surface area contributed by atoms with Crippen LogP contribution in [0.25, 0.3) is 0 Å². The van der Waals surface area contributed by atoms with Crippen LogP contribution >= 0.6 is 0 Å². The second-order valence-corrected chi connectivity index (χ2v) is 12.6. The maximum atomic E-state index is 10.6. The molecule has 0 fully saturated rings. The molecule has 0 aliphatic heterocycles. The van der Waals surface area contributed by atoms with Crippen LogP contribution in [0.2, 0.25) is 0 Å². The van der Waals surface area contributed by atoms with Gasteiger partial charge in [0.2, 0.25) is 0 Å². The molecule has 0 aliphatic rings. The highest BCUT2D eigenvalue weighted by molar-refractivity contribution is 5.78. The van der Waals surface area contributed by atoms with Gasteiger partial charge in [-0.1, -0.05) is 68.2 Å². The van der Waals surface area contributed by atoms with Gasteiger partial charge in [0, 0.05) is 6.42 Å². The Hall–Kier alpha value is -3.30. The van der Waals surface area contributed by atoms with Gasteiger partial charge in [0.05, 0.1) is 30.8 Å². The quantitative estimate of drug-likeness (QED) is 0.0950. The topological polar surface area (TPSA) is 284 Å². The third-order valence-electron chi connectivity index (χ3n) is 6.17. The van der Waals surface area contributed by atoms with E-state index in [2.05, 4.69) is 13.8 Å². The number of aliphatic carboxylic acids is 6. The van der Waals surface area contributed by atoms with Crippen molar-refractivity contribution in [2.75, 3.05) is 0 Å². The molecule has 0 amide bonds. The summed E-state index contributed by atoms with van der Waals surface area (Å²) in [5.74, 6) is -6.88. The van der Waals surface area contributed by atoms with Gasteiger partial charge in [0.1, 0.15) is 6.10 Å². The standard InChI is InChI=1S/C9H16O4.C8H14O4.C7H14O5.C7H14O2/c1-6(2)3-4-7(9(12)13)5-8(10)11;1-5(2)3-6(8(11)12)4-7(9)10;1-3(2)4(8)5(9)6(10)7(11)12;1-6(2)4-3-5-7(8)9/h6-7H,3-5H2,1-2H3,(H,10,11)(H,12,13);5-6H,3-4H2,1-2H3,(H,9,10)(H,11,12);3-6,8-10H,1-2H3,(H,11,12);6H,3-5H2,1-2H3,(H,8,9). The second kappa shape index (κ2) is 28.0. The summed E-state index contributed by atoms with van der Waals surface area (Å²) in [5, 5.41) is 77.6. The Labute approximate surface area is 271 Å². The molecular weight excluding hydrogens is 612 g/mol. The van der Waals surface area contributed by atoms with E-state index in [0.29, 0.717) is 31.1 Å². The van der Waals surface area contributed by atoms with Gasteiger partial charge in [-0.25, -0.2) is 4.79 Å². The van der Waals surface area contributed by atoms with Gasteiger partial charge in [0.25, 0.3) is 0 Å². The summed E-state index contributed by atoms with van der Waals surface area (Å²) < 4.78 is 0. The molecule has 0 aromatic rings. The van der Waals surface area contributed by atoms with Crippen LogP contribution in [0.1, 0.15) is 107 Å². The number of aliphatic hydroxyl groups excluding tert-OH is 3. The molecule has 272 valence electrons. The molecule has 0 aromatic carbocycles. The first-order valence-corrected chi connectivity index (χ1v) is 15.2. The lowest BCUT2D eigenvalue weighted by Crippen LogP contribution is -2.44. The van der Waals surface area contributed by atoms with E-state index in [4.69, 9.17) is 46.0 Å². The molecule has 5 atom stereocenters. The number of carbonyl (C=O) groups is 6. The summed E-state index contributed by atoms with van der Waals surface area (Å²) in [4.78, 5) is 61.7. The molecule has 0 heterocycles. The van der Waals surface area contributed by atoms with Crippen LogP contribution in [0.4, 0.5) is 0 Å². The fourth-order valence-electron chi connectivity index (χ4n) is 3.50. The number of carboxylic acids is 6. The number of carboxylic acid groups (broad SMARTS) is 6. The van der Waals surface area contributed by atoms with Crippen molar-refractivity contribution in [2.45, 2.75) is 125 Å². The summed E-state index contributed by atoms with van der Waals surface area (Å²) >= 11 is 0. The monoisotopic (exact) mass is 670 g/mol. The largest absolute Gasteiger partial charge is 0.481 e. The third kappa shape index (κ3) is 33.6. The lowest BCUT2D eigenvalue weighted by atomic mass is 9.94. The first-order chi connectivity index (χ1) is 20.9. The number of hydrogen-bond donors (Lipinski definition) is 9. The zero-order chi connectivity index (χ0) is 37.3. The SMILES string of the molecule is CC(C)C(O)C(O)C(O)C(=O)O.CC(C)CC(CC(=O)O)C(=O)O.CC(C)CCC(CC(=O)O)C(=O)O.CC(C)CCCC(=O)O. The van der Waals surface area contributed by atoms with Gasteiger partial charge < -0.3 is 46.0 Å². The zero-order valence-corrected chi connectivity index (χ0v) is 28.3. The predicted octanol–water partition coefficient (Wildman–Crippen LogP) is 3.51. The highest BCUT2D eigenvalue weighted by Gasteiger charge is 2.31. The minimum absolute atomic E-state index is 0.213. The summed E-state index contributed by atoms with van der Waals surface area (Å²) in [7, 11) is 0. The highest BCUT2D eigenvalue weighted by Crippen LogP contribution is 2.16. The summed E-state index contributed by atoms with van der Waals surface area (Å²) in [5.41, 5.74) is 0. The van der Waals surface area contributed by atoms with Gasteiger partial charge in [-0.15, -0.1) is 0 Å². The smallest absolute Gasteiger partial charge is 0.335 e. The van der Waals surface area contributed by atoms with Crippen LogP contribution in [-0.2, 0) is 28.8 Å². The predicted molar refractivity (Wildman–Crippen MR) is 167 cm³/mol. The van der Waals surface area contributed by atoms with Gasteiger partial charge in [-0.2, -0.15) is 0 Å². The Morgan fingerprint density at radius 2 is 0.891 bits per heavy atom. The minimum Gasteiger partial charge on any atom is -0.481 e. The van der Waals surface area contributed by atoms with Crippen LogP contribution in [0.5, 0.6) is 0 Å². The summed E-state index contributed by atoms with van der Waals surface area (Å²) in [6.45, 7) is 15.1. The van der Waals surface area contributed by atoms with Crippen molar-refractivity contribution in [1.29, 1.82) is 0 Å². The normalized spacial score (nSPS) is 13.9. The Bertz CT molecular complexity index is 883. The van der Waals surface area contributed by atoms with Crippen LogP contribution in [0, 0.1) is 35.5 Å². The van der Waals surface area contributed by atoms with Crippen molar-refractivity contribution < 1.29 is 74.7 Å². The van der Waals surface area contributed by atoms with Crippen molar-refractivity contribution in [3.63, 3.8) is 0 Å². The second-order valence-electron chi connectivity index (χ2n) is 12.6. The summed E-state index contributed by atoms with van der Waals surface area (Å²) in [6, 6.07) is 0. The Morgan fingerprint density at radius 1 is 0.478 bits per heavy atom. The van der Waals surface area contributed by atoms with Crippen LogP contribution in [0.15, 0.2) is 0 Å². The van der Waals surface area contributed by atoms with E-state index in [-0.39, 0.29) is 24.7 Å². The zero-order valence-electron chi connectivity index (χ0n) is 28.3. The minimum atomic E-state index is -1.93. The Morgan fingerprint density at radius 3 is 1.17 bits per heavy atom. The van der Waals surface area contributed by atoms with E-state index in [1.807, 2.05) is 27.7 Å². The van der Waals surface area contributed by atoms with Crippen molar-refractivity contribution in [1.82, 2.24) is 0 Å². The first kappa shape index (κ1) is 49.6. The molecule has 0 bridgehead atoms. The molecule has 0 spiro atoms. The van der Waals surface area contributed by atoms with Crippen molar-refractivity contribution in [3.8, 4) is 0 Å². The average molecular weight is 671 g/mol. The van der Waals surface area contributed by atoms with Gasteiger partial charge in [0.15, 0.2) is 6.10 Å². The molecule has 0 rings (SSSR count). The summed E-state index contributed by atoms with van der Waals surface area (Å²) in [6.07, 6.45) is -1.58. The lowest BCUT2D eigenvalue weighted by Gasteiger charge is -2.22.